The van der Waals surface area contributed by atoms with E-state index in [-0.39, 0.29) is 0 Å². The number of piperidine rings is 1. The lowest BCUT2D eigenvalue weighted by atomic mass is 9.96. The minimum Gasteiger partial charge on any atom is -0.389 e. The molecule has 0 aromatic carbocycles. The highest BCUT2D eigenvalue weighted by Gasteiger charge is 2.25. The van der Waals surface area contributed by atoms with Crippen molar-refractivity contribution in [3.8, 4) is 0 Å². The number of hydrogen-bond acceptors (Lipinski definition) is 2. The molecule has 0 saturated carbocycles. The predicted octanol–water partition coefficient (Wildman–Crippen LogP) is 0.463. The summed E-state index contributed by atoms with van der Waals surface area (Å²) in [6.45, 7) is 3.87. The van der Waals surface area contributed by atoms with Crippen LogP contribution in [0.1, 0.15) is 19.8 Å². The molecule has 0 amide bonds. The van der Waals surface area contributed by atoms with Crippen molar-refractivity contribution in [3.05, 3.63) is 0 Å². The third kappa shape index (κ3) is 1.95. The van der Waals surface area contributed by atoms with E-state index in [4.69, 9.17) is 0 Å². The Labute approximate surface area is 56.5 Å². The third-order valence-corrected chi connectivity index (χ3v) is 1.87. The predicted molar refractivity (Wildman–Crippen MR) is 37.4 cm³/mol. The van der Waals surface area contributed by atoms with Crippen molar-refractivity contribution in [2.24, 2.45) is 0 Å². The SMILES string of the molecule is CN1CCC[C@](C)(O)C1. The van der Waals surface area contributed by atoms with Gasteiger partial charge in [-0.1, -0.05) is 0 Å². The standard InChI is InChI=1S/C7H15NO/c1-7(9)4-3-5-8(2)6-7/h9H,3-6H2,1-2H3/t7-/m0/s1. The molecule has 2 heteroatoms. The quantitative estimate of drug-likeness (QED) is 0.513. The van der Waals surface area contributed by atoms with Gasteiger partial charge in [0.2, 0.25) is 0 Å². The van der Waals surface area contributed by atoms with Crippen molar-refractivity contribution >= 4 is 0 Å². The highest BCUT2D eigenvalue weighted by atomic mass is 16.3. The Bertz CT molecular complexity index is 101. The van der Waals surface area contributed by atoms with Gasteiger partial charge in [0, 0.05) is 6.54 Å². The maximum Gasteiger partial charge on any atom is 0.0746 e. The van der Waals surface area contributed by atoms with Gasteiger partial charge in [0.15, 0.2) is 0 Å². The Morgan fingerprint density at radius 1 is 1.56 bits per heavy atom. The lowest BCUT2D eigenvalue weighted by Crippen LogP contribution is -2.43. The van der Waals surface area contributed by atoms with Gasteiger partial charge in [0.1, 0.15) is 0 Å². The van der Waals surface area contributed by atoms with E-state index in [1.807, 2.05) is 14.0 Å². The molecule has 1 aliphatic heterocycles. The van der Waals surface area contributed by atoms with Gasteiger partial charge in [-0.3, -0.25) is 0 Å². The van der Waals surface area contributed by atoms with Gasteiger partial charge < -0.3 is 10.0 Å². The number of likely N-dealkylation sites (tertiary alicyclic amines) is 1. The number of likely N-dealkylation sites (N-methyl/N-ethyl adjacent to an activating group) is 1. The van der Waals surface area contributed by atoms with Crippen molar-refractivity contribution in [2.75, 3.05) is 20.1 Å². The average molecular weight is 129 g/mol. The van der Waals surface area contributed by atoms with Gasteiger partial charge >= 0.3 is 0 Å². The van der Waals surface area contributed by atoms with Crippen molar-refractivity contribution in [3.63, 3.8) is 0 Å². The number of β-amino-alcohol motifs (C(OH)–C–C–N with tert-alkyl or cyclic N) is 1. The maximum atomic E-state index is 9.50. The van der Waals surface area contributed by atoms with Crippen LogP contribution in [-0.4, -0.2) is 35.7 Å². The topological polar surface area (TPSA) is 23.5 Å². The fourth-order valence-corrected chi connectivity index (χ4v) is 1.47. The summed E-state index contributed by atoms with van der Waals surface area (Å²) < 4.78 is 0. The molecule has 0 unspecified atom stereocenters. The first-order valence-electron chi connectivity index (χ1n) is 3.51. The summed E-state index contributed by atoms with van der Waals surface area (Å²) in [4.78, 5) is 2.17. The summed E-state index contributed by atoms with van der Waals surface area (Å²) in [7, 11) is 2.05. The Morgan fingerprint density at radius 2 is 2.22 bits per heavy atom. The fraction of sp³-hybridized carbons (Fsp3) is 1.00. The molecule has 0 bridgehead atoms. The zero-order chi connectivity index (χ0) is 6.91. The number of aliphatic hydroxyl groups is 1. The van der Waals surface area contributed by atoms with Crippen molar-refractivity contribution in [2.45, 2.75) is 25.4 Å². The first kappa shape index (κ1) is 7.03. The number of hydrogen-bond donors (Lipinski definition) is 1. The Hall–Kier alpha value is -0.0800. The van der Waals surface area contributed by atoms with E-state index in [0.29, 0.717) is 0 Å². The highest BCUT2D eigenvalue weighted by molar-refractivity contribution is 4.80. The van der Waals surface area contributed by atoms with Crippen LogP contribution in [0.2, 0.25) is 0 Å². The summed E-state index contributed by atoms with van der Waals surface area (Å²) in [6.07, 6.45) is 2.08. The van der Waals surface area contributed by atoms with Crippen LogP contribution in [0, 0.1) is 0 Å². The van der Waals surface area contributed by atoms with Crippen LogP contribution >= 0.6 is 0 Å². The molecule has 1 saturated heterocycles. The largest absolute Gasteiger partial charge is 0.389 e. The van der Waals surface area contributed by atoms with Gasteiger partial charge in [0.25, 0.3) is 0 Å². The molecular weight excluding hydrogens is 114 g/mol. The fourth-order valence-electron chi connectivity index (χ4n) is 1.47. The maximum absolute atomic E-state index is 9.50. The van der Waals surface area contributed by atoms with E-state index in [9.17, 15) is 5.11 Å². The van der Waals surface area contributed by atoms with Gasteiger partial charge in [-0.2, -0.15) is 0 Å². The van der Waals surface area contributed by atoms with E-state index in [2.05, 4.69) is 4.90 Å². The smallest absolute Gasteiger partial charge is 0.0746 e. The Kier molecular flexibility index (Phi) is 1.78. The van der Waals surface area contributed by atoms with Crippen LogP contribution in [0.4, 0.5) is 0 Å². The summed E-state index contributed by atoms with van der Waals surface area (Å²) >= 11 is 0. The molecule has 1 fully saturated rings. The van der Waals surface area contributed by atoms with Crippen molar-refractivity contribution in [1.29, 1.82) is 0 Å². The Balaban J connectivity index is 2.41. The van der Waals surface area contributed by atoms with Gasteiger partial charge in [-0.15, -0.1) is 0 Å². The van der Waals surface area contributed by atoms with Gasteiger partial charge in [-0.25, -0.2) is 0 Å². The number of rotatable bonds is 0. The molecule has 9 heavy (non-hydrogen) atoms. The van der Waals surface area contributed by atoms with Gasteiger partial charge in [-0.05, 0) is 33.4 Å². The second-order valence-corrected chi connectivity index (χ2v) is 3.34. The third-order valence-electron chi connectivity index (χ3n) is 1.87. The second kappa shape index (κ2) is 2.27. The summed E-state index contributed by atoms with van der Waals surface area (Å²) in [5.74, 6) is 0. The van der Waals surface area contributed by atoms with E-state index < -0.39 is 5.60 Å². The van der Waals surface area contributed by atoms with Crippen LogP contribution in [0.5, 0.6) is 0 Å². The lowest BCUT2D eigenvalue weighted by molar-refractivity contribution is -0.00684. The zero-order valence-corrected chi connectivity index (χ0v) is 6.22. The molecule has 0 aromatic rings. The molecule has 1 rings (SSSR count). The van der Waals surface area contributed by atoms with Gasteiger partial charge in [0.05, 0.1) is 5.60 Å². The second-order valence-electron chi connectivity index (χ2n) is 3.34. The molecule has 1 N–H and O–H groups in total. The molecule has 1 aliphatic rings. The minimum atomic E-state index is -0.424. The highest BCUT2D eigenvalue weighted by Crippen LogP contribution is 2.18. The average Bonchev–Trinajstić information content (AvgIpc) is 1.60. The number of nitrogens with zero attached hydrogens (tertiary/aromatic N) is 1. The van der Waals surface area contributed by atoms with E-state index >= 15 is 0 Å². The molecule has 54 valence electrons. The monoisotopic (exact) mass is 129 g/mol. The molecule has 0 aliphatic carbocycles. The summed E-state index contributed by atoms with van der Waals surface area (Å²) in [6, 6.07) is 0. The van der Waals surface area contributed by atoms with Crippen LogP contribution in [-0.2, 0) is 0 Å². The molecular formula is C7H15NO. The van der Waals surface area contributed by atoms with Crippen LogP contribution in [0.15, 0.2) is 0 Å². The van der Waals surface area contributed by atoms with Crippen LogP contribution in [0.25, 0.3) is 0 Å². The lowest BCUT2D eigenvalue weighted by Gasteiger charge is -2.34. The van der Waals surface area contributed by atoms with E-state index in [1.165, 1.54) is 0 Å². The summed E-state index contributed by atoms with van der Waals surface area (Å²) in [5, 5.41) is 9.50. The molecule has 1 heterocycles. The van der Waals surface area contributed by atoms with Crippen LogP contribution < -0.4 is 0 Å². The first-order chi connectivity index (χ1) is 4.10. The molecule has 0 spiro atoms. The van der Waals surface area contributed by atoms with E-state index in [1.54, 1.807) is 0 Å². The Morgan fingerprint density at radius 3 is 2.56 bits per heavy atom. The van der Waals surface area contributed by atoms with Crippen LogP contribution in [0.3, 0.4) is 0 Å². The molecule has 0 aromatic heterocycles. The minimum absolute atomic E-state index is 0.424. The van der Waals surface area contributed by atoms with Crippen molar-refractivity contribution < 1.29 is 5.11 Å². The molecule has 2 nitrogen and oxygen atoms in total. The summed E-state index contributed by atoms with van der Waals surface area (Å²) in [5.41, 5.74) is -0.424. The normalized spacial score (nSPS) is 39.0. The molecule has 1 atom stereocenters. The molecule has 0 radical (unpaired) electrons. The van der Waals surface area contributed by atoms with Crippen molar-refractivity contribution in [1.82, 2.24) is 4.90 Å². The zero-order valence-electron chi connectivity index (χ0n) is 6.22. The first-order valence-corrected chi connectivity index (χ1v) is 3.51. The van der Waals surface area contributed by atoms with E-state index in [0.717, 1.165) is 25.9 Å².